The number of rotatable bonds is 7. The van der Waals surface area contributed by atoms with Crippen molar-refractivity contribution in [1.82, 2.24) is 4.90 Å². The number of hydrogen-bond donors (Lipinski definition) is 2. The summed E-state index contributed by atoms with van der Waals surface area (Å²) in [6.45, 7) is 3.52. The van der Waals surface area contributed by atoms with Gasteiger partial charge in [-0.15, -0.1) is 0 Å². The predicted octanol–water partition coefficient (Wildman–Crippen LogP) is 4.80. The van der Waals surface area contributed by atoms with Crippen molar-refractivity contribution >= 4 is 22.5 Å². The van der Waals surface area contributed by atoms with Crippen LogP contribution in [-0.2, 0) is 0 Å². The molecule has 0 aliphatic heterocycles. The minimum atomic E-state index is -0.963. The Hall–Kier alpha value is -3.19. The number of benzene rings is 3. The van der Waals surface area contributed by atoms with E-state index in [1.54, 1.807) is 13.8 Å². The molecule has 0 radical (unpaired) electrons. The van der Waals surface area contributed by atoms with Gasteiger partial charge in [0.05, 0.1) is 12.2 Å². The van der Waals surface area contributed by atoms with E-state index in [1.165, 1.54) is 4.90 Å². The molecule has 0 saturated carbocycles. The summed E-state index contributed by atoms with van der Waals surface area (Å²) in [4.78, 5) is 13.9. The average Bonchev–Trinajstić information content (AvgIpc) is 2.72. The number of carbonyl (C=O) groups is 1. The van der Waals surface area contributed by atoms with Gasteiger partial charge in [0, 0.05) is 17.5 Å². The second kappa shape index (κ2) is 9.54. The first-order valence-electron chi connectivity index (χ1n) is 9.66. The zero-order valence-corrected chi connectivity index (χ0v) is 16.8. The van der Waals surface area contributed by atoms with Crippen molar-refractivity contribution < 1.29 is 23.4 Å². The first kappa shape index (κ1) is 21.5. The summed E-state index contributed by atoms with van der Waals surface area (Å²) in [5, 5.41) is 14.8. The van der Waals surface area contributed by atoms with E-state index in [2.05, 4.69) is 5.32 Å². The summed E-state index contributed by atoms with van der Waals surface area (Å²) >= 11 is 0. The maximum absolute atomic E-state index is 13.8. The van der Waals surface area contributed by atoms with E-state index in [1.807, 2.05) is 42.5 Å². The fourth-order valence-electron chi connectivity index (χ4n) is 3.09. The molecule has 3 aromatic rings. The van der Waals surface area contributed by atoms with Crippen LogP contribution in [0.2, 0.25) is 0 Å². The van der Waals surface area contributed by atoms with Gasteiger partial charge in [-0.3, -0.25) is 0 Å². The van der Waals surface area contributed by atoms with Crippen LogP contribution in [0.25, 0.3) is 10.8 Å². The van der Waals surface area contributed by atoms with Crippen LogP contribution in [0.1, 0.15) is 13.8 Å². The number of nitrogens with one attached hydrogen (secondary N) is 1. The van der Waals surface area contributed by atoms with Crippen LogP contribution in [-0.4, -0.2) is 41.3 Å². The van der Waals surface area contributed by atoms with Gasteiger partial charge < -0.3 is 20.1 Å². The Morgan fingerprint density at radius 1 is 1.10 bits per heavy atom. The van der Waals surface area contributed by atoms with E-state index in [9.17, 15) is 18.7 Å². The Labute approximate surface area is 173 Å². The van der Waals surface area contributed by atoms with E-state index in [4.69, 9.17) is 4.74 Å². The number of aliphatic hydroxyl groups is 1. The summed E-state index contributed by atoms with van der Waals surface area (Å²) < 4.78 is 32.7. The highest BCUT2D eigenvalue weighted by atomic mass is 19.1. The molecule has 3 rings (SSSR count). The molecule has 5 nitrogen and oxygen atoms in total. The Balaban J connectivity index is 1.63. The van der Waals surface area contributed by atoms with Crippen molar-refractivity contribution in [3.8, 4) is 5.75 Å². The van der Waals surface area contributed by atoms with Crippen LogP contribution in [0.4, 0.5) is 19.3 Å². The molecule has 7 heteroatoms. The lowest BCUT2D eigenvalue weighted by atomic mass is 10.1. The van der Waals surface area contributed by atoms with E-state index in [0.29, 0.717) is 11.8 Å². The van der Waals surface area contributed by atoms with Gasteiger partial charge in [-0.2, -0.15) is 0 Å². The molecule has 158 valence electrons. The number of carbonyl (C=O) groups excluding carboxylic acids is 1. The third-order valence-electron chi connectivity index (χ3n) is 4.65. The number of hydrogen-bond acceptors (Lipinski definition) is 3. The summed E-state index contributed by atoms with van der Waals surface area (Å²) in [7, 11) is 0. The quantitative estimate of drug-likeness (QED) is 0.584. The smallest absolute Gasteiger partial charge is 0.322 e. The number of ether oxygens (including phenoxy) is 1. The molecular weight excluding hydrogens is 390 g/mol. The molecule has 0 aliphatic carbocycles. The SMILES string of the molecule is CC(C)N(C[C@@H](O)COc1cccc2ccccc12)C(=O)Nc1ccc(F)cc1F. The Bertz CT molecular complexity index is 1020. The topological polar surface area (TPSA) is 61.8 Å². The van der Waals surface area contributed by atoms with Crippen LogP contribution in [0.5, 0.6) is 5.75 Å². The fourth-order valence-corrected chi connectivity index (χ4v) is 3.09. The fraction of sp³-hybridized carbons (Fsp3) is 0.261. The van der Waals surface area contributed by atoms with Crippen LogP contribution < -0.4 is 10.1 Å². The van der Waals surface area contributed by atoms with Crippen LogP contribution in [0.3, 0.4) is 0 Å². The van der Waals surface area contributed by atoms with Crippen molar-refractivity contribution in [2.75, 3.05) is 18.5 Å². The summed E-state index contributed by atoms with van der Waals surface area (Å²) in [6, 6.07) is 15.5. The number of aliphatic hydroxyl groups excluding tert-OH is 1. The zero-order chi connectivity index (χ0) is 21.7. The van der Waals surface area contributed by atoms with Gasteiger partial charge in [-0.05, 0) is 37.4 Å². The van der Waals surface area contributed by atoms with E-state index in [0.717, 1.165) is 22.9 Å². The highest BCUT2D eigenvalue weighted by Crippen LogP contribution is 2.25. The predicted molar refractivity (Wildman–Crippen MR) is 113 cm³/mol. The molecular formula is C23H24F2N2O3. The van der Waals surface area contributed by atoms with Crippen molar-refractivity contribution in [2.24, 2.45) is 0 Å². The number of anilines is 1. The molecule has 0 aliphatic rings. The maximum atomic E-state index is 13.8. The molecule has 2 N–H and O–H groups in total. The standard InChI is InChI=1S/C23H24F2N2O3/c1-15(2)27(23(29)26-21-11-10-17(24)12-20(21)25)13-18(28)14-30-22-9-5-7-16-6-3-4-8-19(16)22/h3-12,15,18,28H,13-14H2,1-2H3,(H,26,29)/t18-/m1/s1. The Morgan fingerprint density at radius 2 is 1.83 bits per heavy atom. The number of fused-ring (bicyclic) bond motifs is 1. The largest absolute Gasteiger partial charge is 0.490 e. The molecule has 3 aromatic carbocycles. The Morgan fingerprint density at radius 3 is 2.57 bits per heavy atom. The van der Waals surface area contributed by atoms with Gasteiger partial charge in [-0.1, -0.05) is 36.4 Å². The lowest BCUT2D eigenvalue weighted by Crippen LogP contribution is -2.45. The molecule has 0 fully saturated rings. The minimum absolute atomic E-state index is 0.0168. The van der Waals surface area contributed by atoms with Crippen molar-refractivity contribution in [1.29, 1.82) is 0 Å². The lowest BCUT2D eigenvalue weighted by Gasteiger charge is -2.29. The summed E-state index contributed by atoms with van der Waals surface area (Å²) in [6.07, 6.45) is -0.963. The normalized spacial score (nSPS) is 12.1. The zero-order valence-electron chi connectivity index (χ0n) is 16.8. The molecule has 1 atom stereocenters. The number of halogens is 2. The molecule has 0 heterocycles. The van der Waals surface area contributed by atoms with Gasteiger partial charge in [0.25, 0.3) is 0 Å². The van der Waals surface area contributed by atoms with Crippen molar-refractivity contribution in [3.63, 3.8) is 0 Å². The number of amides is 2. The average molecular weight is 414 g/mol. The van der Waals surface area contributed by atoms with E-state index < -0.39 is 23.8 Å². The van der Waals surface area contributed by atoms with Gasteiger partial charge in [-0.25, -0.2) is 13.6 Å². The van der Waals surface area contributed by atoms with E-state index in [-0.39, 0.29) is 24.9 Å². The third-order valence-corrected chi connectivity index (χ3v) is 4.65. The molecule has 2 amide bonds. The van der Waals surface area contributed by atoms with E-state index >= 15 is 0 Å². The van der Waals surface area contributed by atoms with Crippen molar-refractivity contribution in [2.45, 2.75) is 26.0 Å². The molecule has 0 spiro atoms. The lowest BCUT2D eigenvalue weighted by molar-refractivity contribution is 0.0722. The molecule has 30 heavy (non-hydrogen) atoms. The highest BCUT2D eigenvalue weighted by molar-refractivity contribution is 5.90. The van der Waals surface area contributed by atoms with Gasteiger partial charge >= 0.3 is 6.03 Å². The number of nitrogens with zero attached hydrogens (tertiary/aromatic N) is 1. The first-order chi connectivity index (χ1) is 14.3. The van der Waals surface area contributed by atoms with Crippen molar-refractivity contribution in [3.05, 3.63) is 72.3 Å². The molecule has 0 aromatic heterocycles. The first-order valence-corrected chi connectivity index (χ1v) is 9.66. The second-order valence-electron chi connectivity index (χ2n) is 7.24. The van der Waals surface area contributed by atoms with Gasteiger partial charge in [0.1, 0.15) is 30.1 Å². The maximum Gasteiger partial charge on any atom is 0.322 e. The molecule has 0 saturated heterocycles. The summed E-state index contributed by atoms with van der Waals surface area (Å²) in [5.74, 6) is -0.958. The number of urea groups is 1. The monoisotopic (exact) mass is 414 g/mol. The third kappa shape index (κ3) is 5.24. The van der Waals surface area contributed by atoms with Gasteiger partial charge in [0.15, 0.2) is 0 Å². The molecule has 0 unspecified atom stereocenters. The minimum Gasteiger partial charge on any atom is -0.490 e. The van der Waals surface area contributed by atoms with Gasteiger partial charge in [0.2, 0.25) is 0 Å². The second-order valence-corrected chi connectivity index (χ2v) is 7.24. The summed E-state index contributed by atoms with van der Waals surface area (Å²) in [5.41, 5.74) is -0.131. The van der Waals surface area contributed by atoms with Crippen LogP contribution in [0.15, 0.2) is 60.7 Å². The van der Waals surface area contributed by atoms with Crippen LogP contribution >= 0.6 is 0 Å². The Kier molecular flexibility index (Phi) is 6.84. The molecule has 0 bridgehead atoms. The highest BCUT2D eigenvalue weighted by Gasteiger charge is 2.22. The van der Waals surface area contributed by atoms with Crippen LogP contribution in [0, 0.1) is 11.6 Å².